The Balaban J connectivity index is 1.95. The second-order valence-electron chi connectivity index (χ2n) is 5.59. The predicted molar refractivity (Wildman–Crippen MR) is 71.9 cm³/mol. The number of hydrogen-bond acceptors (Lipinski definition) is 2. The van der Waals surface area contributed by atoms with Crippen molar-refractivity contribution >= 4 is 11.9 Å². The molecule has 1 atom stereocenters. The molecule has 1 aromatic carbocycles. The zero-order valence-corrected chi connectivity index (χ0v) is 11.7. The van der Waals surface area contributed by atoms with Crippen LogP contribution in [-0.4, -0.2) is 29.3 Å². The molecule has 1 unspecified atom stereocenters. The van der Waals surface area contributed by atoms with Gasteiger partial charge in [0.15, 0.2) is 0 Å². The molecular formula is C15H16F2N2O2. The maximum atomic E-state index is 13.5. The van der Waals surface area contributed by atoms with Crippen LogP contribution in [-0.2, 0) is 16.8 Å². The molecule has 21 heavy (non-hydrogen) atoms. The number of imide groups is 1. The maximum absolute atomic E-state index is 13.5. The first-order valence-corrected chi connectivity index (χ1v) is 7.00. The quantitative estimate of drug-likeness (QED) is 0.870. The van der Waals surface area contributed by atoms with E-state index in [1.807, 2.05) is 12.1 Å². The number of fused-ring (bicyclic) bond motifs is 2. The maximum Gasteiger partial charge on any atom is 0.325 e. The molecule has 0 radical (unpaired) electrons. The molecule has 0 bridgehead atoms. The summed E-state index contributed by atoms with van der Waals surface area (Å²) in [5.41, 5.74) is 0.554. The van der Waals surface area contributed by atoms with E-state index in [2.05, 4.69) is 5.32 Å². The van der Waals surface area contributed by atoms with Gasteiger partial charge in [-0.15, -0.1) is 0 Å². The average Bonchev–Trinajstić information content (AvgIpc) is 2.94. The summed E-state index contributed by atoms with van der Waals surface area (Å²) < 4.78 is 27.1. The lowest BCUT2D eigenvalue weighted by molar-refractivity contribution is -0.135. The van der Waals surface area contributed by atoms with Crippen LogP contribution in [0.2, 0.25) is 0 Å². The number of halogens is 2. The van der Waals surface area contributed by atoms with Crippen LogP contribution in [0.25, 0.3) is 0 Å². The SMILES string of the molecule is CCC(F)(F)CN1C(=O)NC2(CCc3ccccc32)C1=O. The number of benzene rings is 1. The van der Waals surface area contributed by atoms with Crippen LogP contribution in [0.15, 0.2) is 24.3 Å². The van der Waals surface area contributed by atoms with Gasteiger partial charge in [0.05, 0.1) is 6.54 Å². The second-order valence-corrected chi connectivity index (χ2v) is 5.59. The van der Waals surface area contributed by atoms with Gasteiger partial charge >= 0.3 is 6.03 Å². The Morgan fingerprint density at radius 3 is 2.76 bits per heavy atom. The Kier molecular flexibility index (Phi) is 3.00. The standard InChI is InChI=1S/C15H16F2N2O2/c1-2-14(16,17)9-19-12(20)15(18-13(19)21)8-7-10-5-3-4-6-11(10)15/h3-6H,2,7-9H2,1H3,(H,18,21). The molecule has 1 heterocycles. The molecule has 6 heteroatoms. The van der Waals surface area contributed by atoms with Crippen LogP contribution in [0.4, 0.5) is 13.6 Å². The Morgan fingerprint density at radius 2 is 2.05 bits per heavy atom. The van der Waals surface area contributed by atoms with Gasteiger partial charge in [-0.25, -0.2) is 13.6 Å². The van der Waals surface area contributed by atoms with Gasteiger partial charge in [-0.05, 0) is 24.0 Å². The number of nitrogens with zero attached hydrogens (tertiary/aromatic N) is 1. The predicted octanol–water partition coefficient (Wildman–Crippen LogP) is 2.43. The molecular weight excluding hydrogens is 278 g/mol. The monoisotopic (exact) mass is 294 g/mol. The highest BCUT2D eigenvalue weighted by molar-refractivity contribution is 6.08. The third kappa shape index (κ3) is 2.01. The normalized spacial score (nSPS) is 24.6. The second kappa shape index (κ2) is 4.51. The minimum atomic E-state index is -3.06. The number of amides is 3. The fraction of sp³-hybridized carbons (Fsp3) is 0.467. The van der Waals surface area contributed by atoms with Crippen LogP contribution >= 0.6 is 0 Å². The van der Waals surface area contributed by atoms with Gasteiger partial charge < -0.3 is 5.32 Å². The molecule has 1 fully saturated rings. The molecule has 1 aromatic rings. The van der Waals surface area contributed by atoms with Crippen molar-refractivity contribution < 1.29 is 18.4 Å². The number of urea groups is 1. The summed E-state index contributed by atoms with van der Waals surface area (Å²) in [5, 5.41) is 2.64. The smallest absolute Gasteiger partial charge is 0.319 e. The molecule has 1 saturated heterocycles. The minimum Gasteiger partial charge on any atom is -0.319 e. The van der Waals surface area contributed by atoms with Crippen LogP contribution < -0.4 is 5.32 Å². The van der Waals surface area contributed by atoms with Gasteiger partial charge in [-0.2, -0.15) is 0 Å². The summed E-state index contributed by atoms with van der Waals surface area (Å²) >= 11 is 0. The van der Waals surface area contributed by atoms with Crippen molar-refractivity contribution in [2.24, 2.45) is 0 Å². The molecule has 1 aliphatic heterocycles. The van der Waals surface area contributed by atoms with Gasteiger partial charge in [-0.1, -0.05) is 31.2 Å². The van der Waals surface area contributed by atoms with Crippen molar-refractivity contribution in [1.82, 2.24) is 10.2 Å². The summed E-state index contributed by atoms with van der Waals surface area (Å²) in [7, 11) is 0. The van der Waals surface area contributed by atoms with Crippen molar-refractivity contribution in [2.75, 3.05) is 6.54 Å². The Morgan fingerprint density at radius 1 is 1.33 bits per heavy atom. The Bertz CT molecular complexity index is 617. The summed E-state index contributed by atoms with van der Waals surface area (Å²) in [6, 6.07) is 6.59. The van der Waals surface area contributed by atoms with E-state index in [0.29, 0.717) is 17.7 Å². The van der Waals surface area contributed by atoms with Crippen molar-refractivity contribution in [3.05, 3.63) is 35.4 Å². The first kappa shape index (κ1) is 14.0. The van der Waals surface area contributed by atoms with Crippen molar-refractivity contribution in [3.63, 3.8) is 0 Å². The van der Waals surface area contributed by atoms with Gasteiger partial charge in [0.2, 0.25) is 0 Å². The minimum absolute atomic E-state index is 0.409. The average molecular weight is 294 g/mol. The lowest BCUT2D eigenvalue weighted by Crippen LogP contribution is -2.44. The highest BCUT2D eigenvalue weighted by Gasteiger charge is 2.56. The van der Waals surface area contributed by atoms with Crippen LogP contribution in [0.5, 0.6) is 0 Å². The molecule has 4 nitrogen and oxygen atoms in total. The third-order valence-corrected chi connectivity index (χ3v) is 4.33. The first-order chi connectivity index (χ1) is 9.89. The lowest BCUT2D eigenvalue weighted by atomic mass is 9.92. The van der Waals surface area contributed by atoms with Crippen molar-refractivity contribution in [2.45, 2.75) is 37.6 Å². The van der Waals surface area contributed by atoms with Crippen molar-refractivity contribution in [3.8, 4) is 0 Å². The molecule has 1 N–H and O–H groups in total. The molecule has 3 amide bonds. The van der Waals surface area contributed by atoms with E-state index in [0.717, 1.165) is 11.1 Å². The van der Waals surface area contributed by atoms with E-state index >= 15 is 0 Å². The Labute approximate surface area is 121 Å². The van der Waals surface area contributed by atoms with E-state index in [-0.39, 0.29) is 0 Å². The number of carbonyl (C=O) groups excluding carboxylic acids is 2. The summed E-state index contributed by atoms with van der Waals surface area (Å²) in [6.45, 7) is 0.469. The molecule has 0 aromatic heterocycles. The van der Waals surface area contributed by atoms with Crippen LogP contribution in [0.3, 0.4) is 0 Å². The molecule has 2 aliphatic rings. The van der Waals surface area contributed by atoms with E-state index in [4.69, 9.17) is 0 Å². The zero-order valence-electron chi connectivity index (χ0n) is 11.7. The number of aryl methyl sites for hydroxylation is 1. The van der Waals surface area contributed by atoms with Crippen molar-refractivity contribution in [1.29, 1.82) is 0 Å². The number of carbonyl (C=O) groups is 2. The zero-order chi connectivity index (χ0) is 15.3. The van der Waals surface area contributed by atoms with Crippen LogP contribution in [0, 0.1) is 0 Å². The number of rotatable bonds is 3. The molecule has 112 valence electrons. The van der Waals surface area contributed by atoms with Gasteiger partial charge in [0, 0.05) is 6.42 Å². The summed E-state index contributed by atoms with van der Waals surface area (Å²) in [5.74, 6) is -3.62. The van der Waals surface area contributed by atoms with Gasteiger partial charge in [0.1, 0.15) is 5.54 Å². The number of nitrogens with one attached hydrogen (secondary N) is 1. The Hall–Kier alpha value is -1.98. The van der Waals surface area contributed by atoms with E-state index < -0.39 is 36.4 Å². The lowest BCUT2D eigenvalue weighted by Gasteiger charge is -2.24. The molecule has 1 spiro atoms. The fourth-order valence-electron chi connectivity index (χ4n) is 3.08. The van der Waals surface area contributed by atoms with Gasteiger partial charge in [-0.3, -0.25) is 9.69 Å². The highest BCUT2D eigenvalue weighted by Crippen LogP contribution is 2.41. The fourth-order valence-corrected chi connectivity index (χ4v) is 3.08. The number of hydrogen-bond donors (Lipinski definition) is 1. The van der Waals surface area contributed by atoms with E-state index in [1.54, 1.807) is 12.1 Å². The van der Waals surface area contributed by atoms with Gasteiger partial charge in [0.25, 0.3) is 11.8 Å². The molecule has 1 aliphatic carbocycles. The molecule has 3 rings (SSSR count). The van der Waals surface area contributed by atoms with Crippen LogP contribution in [0.1, 0.15) is 30.9 Å². The summed E-state index contributed by atoms with van der Waals surface area (Å²) in [6.07, 6.45) is 0.666. The highest BCUT2D eigenvalue weighted by atomic mass is 19.3. The van der Waals surface area contributed by atoms with E-state index in [9.17, 15) is 18.4 Å². The first-order valence-electron chi connectivity index (χ1n) is 7.00. The number of alkyl halides is 2. The summed E-state index contributed by atoms with van der Waals surface area (Å²) in [4.78, 5) is 25.3. The largest absolute Gasteiger partial charge is 0.325 e. The topological polar surface area (TPSA) is 49.4 Å². The third-order valence-electron chi connectivity index (χ3n) is 4.33. The van der Waals surface area contributed by atoms with E-state index in [1.165, 1.54) is 6.92 Å². The molecule has 0 saturated carbocycles.